The molecule has 21 heavy (non-hydrogen) atoms. The Labute approximate surface area is 128 Å². The van der Waals surface area contributed by atoms with Gasteiger partial charge in [0.05, 0.1) is 24.0 Å². The third kappa shape index (κ3) is 3.59. The van der Waals surface area contributed by atoms with Crippen molar-refractivity contribution in [2.45, 2.75) is 24.3 Å². The van der Waals surface area contributed by atoms with E-state index in [0.29, 0.717) is 30.3 Å². The van der Waals surface area contributed by atoms with E-state index in [2.05, 4.69) is 0 Å². The lowest BCUT2D eigenvalue weighted by Crippen LogP contribution is -2.34. The van der Waals surface area contributed by atoms with Crippen LogP contribution < -0.4 is 15.2 Å². The summed E-state index contributed by atoms with van der Waals surface area (Å²) in [6.07, 6.45) is 0.720. The number of benzene rings is 1. The standard InChI is InChI=1S/C13H16ClNO5S/c1-8(13(15)16)21(17,18)7-9-5-10(14)12-11(6-9)19-3-2-4-20-12/h5-6,8H,2-4,7H2,1H3,(H2,15,16)/t8-/m0/s1. The summed E-state index contributed by atoms with van der Waals surface area (Å²) in [4.78, 5) is 11.1. The molecule has 116 valence electrons. The molecule has 1 heterocycles. The number of halogens is 1. The number of primary amides is 1. The fourth-order valence-electron chi connectivity index (χ4n) is 1.90. The Morgan fingerprint density at radius 3 is 2.71 bits per heavy atom. The minimum atomic E-state index is -3.69. The number of hydrogen-bond acceptors (Lipinski definition) is 5. The maximum atomic E-state index is 12.1. The molecule has 8 heteroatoms. The van der Waals surface area contributed by atoms with Gasteiger partial charge >= 0.3 is 0 Å². The maximum absolute atomic E-state index is 12.1. The average molecular weight is 334 g/mol. The van der Waals surface area contributed by atoms with E-state index in [1.165, 1.54) is 13.0 Å². The Morgan fingerprint density at radius 2 is 2.05 bits per heavy atom. The molecule has 0 spiro atoms. The number of rotatable bonds is 4. The van der Waals surface area contributed by atoms with Gasteiger partial charge in [0, 0.05) is 6.42 Å². The van der Waals surface area contributed by atoms with Gasteiger partial charge in [-0.25, -0.2) is 8.42 Å². The van der Waals surface area contributed by atoms with Crippen LogP contribution in [0.4, 0.5) is 0 Å². The summed E-state index contributed by atoms with van der Waals surface area (Å²) in [7, 11) is -3.69. The Balaban J connectivity index is 2.32. The number of hydrogen-bond donors (Lipinski definition) is 1. The molecule has 1 aliphatic rings. The van der Waals surface area contributed by atoms with Crippen LogP contribution in [0.15, 0.2) is 12.1 Å². The lowest BCUT2D eigenvalue weighted by atomic mass is 10.2. The summed E-state index contributed by atoms with van der Waals surface area (Å²) in [6.45, 7) is 2.22. The summed E-state index contributed by atoms with van der Waals surface area (Å²) in [5, 5.41) is -0.974. The van der Waals surface area contributed by atoms with Gasteiger partial charge in [0.1, 0.15) is 5.25 Å². The molecule has 0 radical (unpaired) electrons. The molecule has 2 N–H and O–H groups in total. The van der Waals surface area contributed by atoms with Crippen LogP contribution >= 0.6 is 11.6 Å². The Morgan fingerprint density at radius 1 is 1.38 bits per heavy atom. The van der Waals surface area contributed by atoms with E-state index in [1.54, 1.807) is 6.07 Å². The van der Waals surface area contributed by atoms with Gasteiger partial charge in [0.25, 0.3) is 0 Å². The molecule has 0 fully saturated rings. The lowest BCUT2D eigenvalue weighted by Gasteiger charge is -2.13. The zero-order valence-electron chi connectivity index (χ0n) is 11.5. The fraction of sp³-hybridized carbons (Fsp3) is 0.462. The summed E-state index contributed by atoms with van der Waals surface area (Å²) in [5.41, 5.74) is 5.48. The molecule has 1 atom stereocenters. The Bertz CT molecular complexity index is 659. The molecule has 1 aromatic carbocycles. The topological polar surface area (TPSA) is 95.7 Å². The van der Waals surface area contributed by atoms with Gasteiger partial charge in [0.15, 0.2) is 21.3 Å². The zero-order chi connectivity index (χ0) is 15.6. The highest BCUT2D eigenvalue weighted by Crippen LogP contribution is 2.38. The van der Waals surface area contributed by atoms with Gasteiger partial charge in [0.2, 0.25) is 5.91 Å². The number of fused-ring (bicyclic) bond motifs is 1. The Kier molecular flexibility index (Phi) is 4.63. The zero-order valence-corrected chi connectivity index (χ0v) is 13.0. The Hall–Kier alpha value is -1.47. The molecular formula is C13H16ClNO5S. The minimum Gasteiger partial charge on any atom is -0.489 e. The van der Waals surface area contributed by atoms with Crippen molar-refractivity contribution in [3.05, 3.63) is 22.7 Å². The smallest absolute Gasteiger partial charge is 0.235 e. The summed E-state index contributed by atoms with van der Waals surface area (Å²) >= 11 is 6.10. The number of ether oxygens (including phenoxy) is 2. The number of amides is 1. The molecule has 1 aromatic rings. The average Bonchev–Trinajstić information content (AvgIpc) is 2.62. The van der Waals surface area contributed by atoms with Crippen molar-refractivity contribution in [1.82, 2.24) is 0 Å². The van der Waals surface area contributed by atoms with Crippen molar-refractivity contribution in [2.24, 2.45) is 5.73 Å². The van der Waals surface area contributed by atoms with E-state index in [4.69, 9.17) is 26.8 Å². The molecule has 2 rings (SSSR count). The first kappa shape index (κ1) is 15.9. The second kappa shape index (κ2) is 6.11. The van der Waals surface area contributed by atoms with E-state index in [-0.39, 0.29) is 10.8 Å². The number of sulfone groups is 1. The first-order chi connectivity index (χ1) is 9.81. The highest BCUT2D eigenvalue weighted by atomic mass is 35.5. The largest absolute Gasteiger partial charge is 0.489 e. The van der Waals surface area contributed by atoms with Crippen LogP contribution in [0.2, 0.25) is 5.02 Å². The van der Waals surface area contributed by atoms with Gasteiger partial charge in [-0.1, -0.05) is 11.6 Å². The van der Waals surface area contributed by atoms with Crippen LogP contribution in [-0.4, -0.2) is 32.8 Å². The van der Waals surface area contributed by atoms with Crippen LogP contribution in [0, 0.1) is 0 Å². The normalized spacial score (nSPS) is 16.1. The molecule has 1 aliphatic heterocycles. The van der Waals surface area contributed by atoms with Crippen LogP contribution in [0.25, 0.3) is 0 Å². The van der Waals surface area contributed by atoms with E-state index in [1.807, 2.05) is 0 Å². The summed E-state index contributed by atoms with van der Waals surface area (Å²) in [5.74, 6) is -0.390. The third-order valence-corrected chi connectivity index (χ3v) is 5.50. The van der Waals surface area contributed by atoms with Crippen LogP contribution in [-0.2, 0) is 20.4 Å². The van der Waals surface area contributed by atoms with Gasteiger partial charge < -0.3 is 15.2 Å². The molecule has 0 aromatic heterocycles. The number of nitrogens with two attached hydrogens (primary N) is 1. The molecule has 0 bridgehead atoms. The summed E-state index contributed by atoms with van der Waals surface area (Å²) in [6, 6.07) is 3.07. The van der Waals surface area contributed by atoms with Crippen LogP contribution in [0.3, 0.4) is 0 Å². The van der Waals surface area contributed by atoms with E-state index >= 15 is 0 Å². The van der Waals surface area contributed by atoms with Gasteiger partial charge in [-0.2, -0.15) is 0 Å². The summed E-state index contributed by atoms with van der Waals surface area (Å²) < 4.78 is 35.1. The van der Waals surface area contributed by atoms with E-state index in [0.717, 1.165) is 6.42 Å². The first-order valence-electron chi connectivity index (χ1n) is 6.40. The van der Waals surface area contributed by atoms with E-state index < -0.39 is 21.0 Å². The molecular weight excluding hydrogens is 318 g/mol. The van der Waals surface area contributed by atoms with Crippen molar-refractivity contribution in [3.63, 3.8) is 0 Å². The highest BCUT2D eigenvalue weighted by molar-refractivity contribution is 7.92. The van der Waals surface area contributed by atoms with Crippen molar-refractivity contribution >= 4 is 27.3 Å². The second-order valence-corrected chi connectivity index (χ2v) is 7.54. The molecule has 1 amide bonds. The SMILES string of the molecule is C[C@@H](C(N)=O)S(=O)(=O)Cc1cc(Cl)c2c(c1)OCCCO2. The van der Waals surface area contributed by atoms with Crippen LogP contribution in [0.5, 0.6) is 11.5 Å². The lowest BCUT2D eigenvalue weighted by molar-refractivity contribution is -0.117. The molecule has 6 nitrogen and oxygen atoms in total. The van der Waals surface area contributed by atoms with Crippen molar-refractivity contribution < 1.29 is 22.7 Å². The minimum absolute atomic E-state index is 0.284. The van der Waals surface area contributed by atoms with E-state index in [9.17, 15) is 13.2 Å². The monoisotopic (exact) mass is 333 g/mol. The van der Waals surface area contributed by atoms with Crippen molar-refractivity contribution in [2.75, 3.05) is 13.2 Å². The predicted molar refractivity (Wildman–Crippen MR) is 78.3 cm³/mol. The fourth-order valence-corrected chi connectivity index (χ4v) is 3.42. The molecule has 0 unspecified atom stereocenters. The predicted octanol–water partition coefficient (Wildman–Crippen LogP) is 1.29. The maximum Gasteiger partial charge on any atom is 0.235 e. The molecule has 0 saturated carbocycles. The van der Waals surface area contributed by atoms with Crippen molar-refractivity contribution in [1.29, 1.82) is 0 Å². The second-order valence-electron chi connectivity index (χ2n) is 4.81. The number of carbonyl (C=O) groups is 1. The van der Waals surface area contributed by atoms with Gasteiger partial charge in [-0.05, 0) is 24.6 Å². The van der Waals surface area contributed by atoms with Gasteiger partial charge in [-0.3, -0.25) is 4.79 Å². The van der Waals surface area contributed by atoms with Crippen molar-refractivity contribution in [3.8, 4) is 11.5 Å². The quantitative estimate of drug-likeness (QED) is 0.895. The van der Waals surface area contributed by atoms with Crippen LogP contribution in [0.1, 0.15) is 18.9 Å². The first-order valence-corrected chi connectivity index (χ1v) is 8.49. The van der Waals surface area contributed by atoms with Gasteiger partial charge in [-0.15, -0.1) is 0 Å². The molecule has 0 aliphatic carbocycles. The third-order valence-electron chi connectivity index (χ3n) is 3.17. The molecule has 0 saturated heterocycles. The highest BCUT2D eigenvalue weighted by Gasteiger charge is 2.27. The number of carbonyl (C=O) groups excluding carboxylic acids is 1.